The monoisotopic (exact) mass is 262 g/mol. The molecule has 0 radical (unpaired) electrons. The topological polar surface area (TPSA) is 49.8 Å². The summed E-state index contributed by atoms with van der Waals surface area (Å²) in [5, 5.41) is 8.79. The lowest BCUT2D eigenvalue weighted by molar-refractivity contribution is -0.137. The molecule has 2 aromatic rings. The van der Waals surface area contributed by atoms with Crippen LogP contribution in [-0.4, -0.2) is 0 Å². The number of anilines is 1. The van der Waals surface area contributed by atoms with Crippen molar-refractivity contribution in [2.24, 2.45) is 0 Å². The van der Waals surface area contributed by atoms with Gasteiger partial charge in [-0.05, 0) is 41.5 Å². The predicted octanol–water partition coefficient (Wildman–Crippen LogP) is 3.83. The van der Waals surface area contributed by atoms with Crippen LogP contribution in [0.1, 0.15) is 11.1 Å². The first-order chi connectivity index (χ1) is 8.90. The molecule has 96 valence electrons. The summed E-state index contributed by atoms with van der Waals surface area (Å²) < 4.78 is 38.1. The summed E-state index contributed by atoms with van der Waals surface area (Å²) in [7, 11) is 0. The summed E-state index contributed by atoms with van der Waals surface area (Å²) in [5.74, 6) is 0. The van der Waals surface area contributed by atoms with Crippen LogP contribution >= 0.6 is 0 Å². The van der Waals surface area contributed by atoms with Crippen molar-refractivity contribution < 1.29 is 13.2 Å². The Hall–Kier alpha value is -2.48. The highest BCUT2D eigenvalue weighted by atomic mass is 19.4. The van der Waals surface area contributed by atoms with Crippen molar-refractivity contribution in [3.8, 4) is 17.2 Å². The van der Waals surface area contributed by atoms with E-state index < -0.39 is 11.7 Å². The summed E-state index contributed by atoms with van der Waals surface area (Å²) in [6.45, 7) is 0. The standard InChI is InChI=1S/C14H9F3N2/c15-14(16,17)12-5-11(6-13(19)7-12)10-3-1-2-9(4-10)8-18/h1-7H,19H2. The van der Waals surface area contributed by atoms with E-state index in [2.05, 4.69) is 0 Å². The second-order valence-corrected chi connectivity index (χ2v) is 4.03. The van der Waals surface area contributed by atoms with E-state index in [9.17, 15) is 13.2 Å². The molecule has 0 atom stereocenters. The lowest BCUT2D eigenvalue weighted by atomic mass is 10.0. The molecule has 0 aliphatic rings. The van der Waals surface area contributed by atoms with Crippen LogP contribution < -0.4 is 5.73 Å². The zero-order chi connectivity index (χ0) is 14.0. The first kappa shape index (κ1) is 13.0. The normalized spacial score (nSPS) is 11.1. The van der Waals surface area contributed by atoms with E-state index in [1.807, 2.05) is 6.07 Å². The molecule has 0 aliphatic heterocycles. The first-order valence-corrected chi connectivity index (χ1v) is 5.38. The number of alkyl halides is 3. The highest BCUT2D eigenvalue weighted by molar-refractivity contribution is 5.70. The zero-order valence-corrected chi connectivity index (χ0v) is 9.70. The third-order valence-electron chi connectivity index (χ3n) is 2.61. The molecule has 2 nitrogen and oxygen atoms in total. The third kappa shape index (κ3) is 2.86. The summed E-state index contributed by atoms with van der Waals surface area (Å²) in [5.41, 5.74) is 5.98. The molecule has 0 heterocycles. The van der Waals surface area contributed by atoms with Gasteiger partial charge in [-0.1, -0.05) is 12.1 Å². The number of nitrogens with two attached hydrogens (primary N) is 1. The maximum Gasteiger partial charge on any atom is 0.416 e. The fraction of sp³-hybridized carbons (Fsp3) is 0.0714. The molecule has 0 fully saturated rings. The summed E-state index contributed by atoms with van der Waals surface area (Å²) in [4.78, 5) is 0. The lowest BCUT2D eigenvalue weighted by Crippen LogP contribution is -2.06. The first-order valence-electron chi connectivity index (χ1n) is 5.38. The number of benzene rings is 2. The maximum absolute atomic E-state index is 12.7. The number of halogens is 3. The molecule has 0 saturated heterocycles. The zero-order valence-electron chi connectivity index (χ0n) is 9.70. The van der Waals surface area contributed by atoms with E-state index in [4.69, 9.17) is 11.0 Å². The average molecular weight is 262 g/mol. The second kappa shape index (κ2) is 4.65. The van der Waals surface area contributed by atoms with Crippen LogP contribution in [0, 0.1) is 11.3 Å². The smallest absolute Gasteiger partial charge is 0.399 e. The predicted molar refractivity (Wildman–Crippen MR) is 66.0 cm³/mol. The van der Waals surface area contributed by atoms with Crippen LogP contribution in [0.3, 0.4) is 0 Å². The summed E-state index contributed by atoms with van der Waals surface area (Å²) in [6.07, 6.45) is -4.45. The fourth-order valence-corrected chi connectivity index (χ4v) is 1.75. The van der Waals surface area contributed by atoms with Crippen molar-refractivity contribution in [2.45, 2.75) is 6.18 Å². The molecule has 0 amide bonds. The Bertz CT molecular complexity index is 654. The quantitative estimate of drug-likeness (QED) is 0.794. The van der Waals surface area contributed by atoms with Gasteiger partial charge in [-0.2, -0.15) is 18.4 Å². The SMILES string of the molecule is N#Cc1cccc(-c2cc(N)cc(C(F)(F)F)c2)c1. The van der Waals surface area contributed by atoms with Crippen molar-refractivity contribution in [1.29, 1.82) is 5.26 Å². The number of nitrogens with zero attached hydrogens (tertiary/aromatic N) is 1. The van der Waals surface area contributed by atoms with Gasteiger partial charge in [-0.25, -0.2) is 0 Å². The van der Waals surface area contributed by atoms with Gasteiger partial charge >= 0.3 is 6.18 Å². The van der Waals surface area contributed by atoms with Crippen molar-refractivity contribution in [3.05, 3.63) is 53.6 Å². The van der Waals surface area contributed by atoms with Crippen molar-refractivity contribution in [2.75, 3.05) is 5.73 Å². The summed E-state index contributed by atoms with van der Waals surface area (Å²) >= 11 is 0. The van der Waals surface area contributed by atoms with Crippen LogP contribution in [0.25, 0.3) is 11.1 Å². The fourth-order valence-electron chi connectivity index (χ4n) is 1.75. The van der Waals surface area contributed by atoms with E-state index in [1.165, 1.54) is 12.1 Å². The van der Waals surface area contributed by atoms with Gasteiger partial charge in [0.1, 0.15) is 0 Å². The number of nitrogen functional groups attached to an aromatic ring is 1. The minimum atomic E-state index is -4.45. The molecule has 2 N–H and O–H groups in total. The molecule has 2 aromatic carbocycles. The maximum atomic E-state index is 12.7. The summed E-state index contributed by atoms with van der Waals surface area (Å²) in [6, 6.07) is 11.7. The van der Waals surface area contributed by atoms with E-state index in [0.717, 1.165) is 12.1 Å². The number of hydrogen-bond donors (Lipinski definition) is 1. The Labute approximate surface area is 107 Å². The molecule has 0 bridgehead atoms. The third-order valence-corrected chi connectivity index (χ3v) is 2.61. The highest BCUT2D eigenvalue weighted by Crippen LogP contribution is 2.34. The van der Waals surface area contributed by atoms with Gasteiger partial charge < -0.3 is 5.73 Å². The molecule has 0 unspecified atom stereocenters. The van der Waals surface area contributed by atoms with Crippen molar-refractivity contribution in [3.63, 3.8) is 0 Å². The van der Waals surface area contributed by atoms with E-state index in [0.29, 0.717) is 16.7 Å². The number of rotatable bonds is 1. The van der Waals surface area contributed by atoms with Crippen molar-refractivity contribution in [1.82, 2.24) is 0 Å². The van der Waals surface area contributed by atoms with E-state index >= 15 is 0 Å². The molecular weight excluding hydrogens is 253 g/mol. The van der Waals surface area contributed by atoms with Gasteiger partial charge in [0.25, 0.3) is 0 Å². The van der Waals surface area contributed by atoms with Crippen LogP contribution in [0.2, 0.25) is 0 Å². The Kier molecular flexibility index (Phi) is 3.17. The second-order valence-electron chi connectivity index (χ2n) is 4.03. The molecular formula is C14H9F3N2. The van der Waals surface area contributed by atoms with Gasteiger partial charge in [-0.3, -0.25) is 0 Å². The van der Waals surface area contributed by atoms with Gasteiger partial charge in [0.15, 0.2) is 0 Å². The molecule has 0 aliphatic carbocycles. The Morgan fingerprint density at radius 3 is 2.37 bits per heavy atom. The Morgan fingerprint density at radius 1 is 1.00 bits per heavy atom. The molecule has 0 saturated carbocycles. The Morgan fingerprint density at radius 2 is 1.74 bits per heavy atom. The van der Waals surface area contributed by atoms with Crippen molar-refractivity contribution >= 4 is 5.69 Å². The number of nitriles is 1. The minimum Gasteiger partial charge on any atom is -0.399 e. The average Bonchev–Trinajstić information content (AvgIpc) is 2.37. The minimum absolute atomic E-state index is 0.0344. The van der Waals surface area contributed by atoms with Crippen LogP contribution in [0.15, 0.2) is 42.5 Å². The lowest BCUT2D eigenvalue weighted by Gasteiger charge is -2.10. The largest absolute Gasteiger partial charge is 0.416 e. The van der Waals surface area contributed by atoms with Crippen LogP contribution in [-0.2, 0) is 6.18 Å². The molecule has 0 spiro atoms. The van der Waals surface area contributed by atoms with E-state index in [-0.39, 0.29) is 5.69 Å². The van der Waals surface area contributed by atoms with Crippen LogP contribution in [0.5, 0.6) is 0 Å². The molecule has 2 rings (SSSR count). The molecule has 5 heteroatoms. The van der Waals surface area contributed by atoms with Crippen LogP contribution in [0.4, 0.5) is 18.9 Å². The van der Waals surface area contributed by atoms with Gasteiger partial charge in [0, 0.05) is 5.69 Å². The van der Waals surface area contributed by atoms with E-state index in [1.54, 1.807) is 18.2 Å². The van der Waals surface area contributed by atoms with Gasteiger partial charge in [-0.15, -0.1) is 0 Å². The Balaban J connectivity index is 2.57. The molecule has 0 aromatic heterocycles. The molecule has 19 heavy (non-hydrogen) atoms. The van der Waals surface area contributed by atoms with Gasteiger partial charge in [0.2, 0.25) is 0 Å². The number of hydrogen-bond acceptors (Lipinski definition) is 2. The highest BCUT2D eigenvalue weighted by Gasteiger charge is 2.31. The van der Waals surface area contributed by atoms with Gasteiger partial charge in [0.05, 0.1) is 17.2 Å².